The molecule has 1 N–H and O–H groups in total. The fourth-order valence-electron chi connectivity index (χ4n) is 4.53. The predicted molar refractivity (Wildman–Crippen MR) is 117 cm³/mol. The molecule has 1 aliphatic carbocycles. The predicted octanol–water partition coefficient (Wildman–Crippen LogP) is 3.45. The maximum Gasteiger partial charge on any atom is 0.273 e. The van der Waals surface area contributed by atoms with Gasteiger partial charge in [-0.1, -0.05) is 18.0 Å². The van der Waals surface area contributed by atoms with E-state index in [-0.39, 0.29) is 17.1 Å². The summed E-state index contributed by atoms with van der Waals surface area (Å²) in [7, 11) is 3.19. The zero-order chi connectivity index (χ0) is 21.0. The van der Waals surface area contributed by atoms with Gasteiger partial charge in [-0.3, -0.25) is 9.69 Å². The largest absolute Gasteiger partial charge is 0.497 e. The molecule has 2 aromatic rings. The molecule has 0 spiro atoms. The van der Waals surface area contributed by atoms with Crippen molar-refractivity contribution in [2.45, 2.75) is 31.2 Å². The van der Waals surface area contributed by atoms with E-state index in [1.54, 1.807) is 26.4 Å². The van der Waals surface area contributed by atoms with Gasteiger partial charge in [-0.2, -0.15) is 11.8 Å². The average molecular weight is 432 g/mol. The molecular formula is C22H29N3O4S. The van der Waals surface area contributed by atoms with E-state index in [9.17, 15) is 4.79 Å². The molecule has 0 unspecified atom stereocenters. The summed E-state index contributed by atoms with van der Waals surface area (Å²) >= 11 is 2.01. The summed E-state index contributed by atoms with van der Waals surface area (Å²) in [6.45, 7) is 2.86. The smallest absolute Gasteiger partial charge is 0.273 e. The van der Waals surface area contributed by atoms with Gasteiger partial charge in [-0.25, -0.2) is 0 Å². The third-order valence-corrected chi connectivity index (χ3v) is 7.15. The van der Waals surface area contributed by atoms with Crippen LogP contribution in [-0.2, 0) is 0 Å². The van der Waals surface area contributed by atoms with E-state index < -0.39 is 0 Å². The van der Waals surface area contributed by atoms with E-state index in [0.29, 0.717) is 29.4 Å². The minimum absolute atomic E-state index is 0.0826. The van der Waals surface area contributed by atoms with Crippen LogP contribution >= 0.6 is 11.8 Å². The van der Waals surface area contributed by atoms with Gasteiger partial charge in [-0.05, 0) is 31.0 Å². The number of carbonyl (C=O) groups excluding carboxylic acids is 1. The van der Waals surface area contributed by atoms with Crippen molar-refractivity contribution in [3.63, 3.8) is 0 Å². The molecule has 1 aromatic carbocycles. The number of nitrogens with one attached hydrogen (secondary N) is 1. The second kappa shape index (κ2) is 9.31. The Morgan fingerprint density at radius 2 is 1.97 bits per heavy atom. The minimum Gasteiger partial charge on any atom is -0.497 e. The third kappa shape index (κ3) is 4.30. The maximum atomic E-state index is 12.8. The molecule has 1 saturated heterocycles. The van der Waals surface area contributed by atoms with Gasteiger partial charge in [0.25, 0.3) is 5.91 Å². The first-order valence-corrected chi connectivity index (χ1v) is 11.6. The van der Waals surface area contributed by atoms with Gasteiger partial charge in [0, 0.05) is 42.7 Å². The van der Waals surface area contributed by atoms with Crippen molar-refractivity contribution < 1.29 is 18.8 Å². The van der Waals surface area contributed by atoms with Gasteiger partial charge in [0.15, 0.2) is 11.5 Å². The van der Waals surface area contributed by atoms with E-state index in [4.69, 9.17) is 14.0 Å². The number of carbonyl (C=O) groups is 1. The maximum absolute atomic E-state index is 12.8. The van der Waals surface area contributed by atoms with E-state index in [1.165, 1.54) is 24.3 Å². The molecule has 30 heavy (non-hydrogen) atoms. The van der Waals surface area contributed by atoms with Gasteiger partial charge in [-0.15, -0.1) is 0 Å². The van der Waals surface area contributed by atoms with Gasteiger partial charge in [0.2, 0.25) is 0 Å². The van der Waals surface area contributed by atoms with Crippen LogP contribution < -0.4 is 14.8 Å². The first-order valence-electron chi connectivity index (χ1n) is 10.5. The molecule has 4 rings (SSSR count). The van der Waals surface area contributed by atoms with E-state index in [2.05, 4.69) is 15.4 Å². The lowest BCUT2D eigenvalue weighted by atomic mass is 9.94. The Labute approximate surface area is 181 Å². The second-order valence-electron chi connectivity index (χ2n) is 7.86. The summed E-state index contributed by atoms with van der Waals surface area (Å²) in [5.41, 5.74) is 1.05. The number of methoxy groups -OCH3 is 2. The van der Waals surface area contributed by atoms with Crippen LogP contribution in [0.4, 0.5) is 0 Å². The molecule has 2 fully saturated rings. The minimum atomic E-state index is -0.204. The fraction of sp³-hybridized carbons (Fsp3) is 0.545. The summed E-state index contributed by atoms with van der Waals surface area (Å²) in [5, 5.41) is 7.13. The number of rotatable bonds is 7. The molecule has 0 atom stereocenters. The van der Waals surface area contributed by atoms with Crippen molar-refractivity contribution in [3.05, 3.63) is 30.0 Å². The van der Waals surface area contributed by atoms with Crippen LogP contribution in [0.15, 0.2) is 28.8 Å². The van der Waals surface area contributed by atoms with Gasteiger partial charge in [0.05, 0.1) is 19.8 Å². The Bertz CT molecular complexity index is 873. The molecule has 0 bridgehead atoms. The molecule has 2 aliphatic rings. The van der Waals surface area contributed by atoms with Crippen molar-refractivity contribution in [1.82, 2.24) is 15.4 Å². The number of aromatic nitrogens is 1. The van der Waals surface area contributed by atoms with E-state index >= 15 is 0 Å². The molecule has 2 heterocycles. The third-order valence-electron chi connectivity index (χ3n) is 6.21. The number of thioether (sulfide) groups is 1. The Morgan fingerprint density at radius 3 is 2.67 bits per heavy atom. The number of hydrogen-bond acceptors (Lipinski definition) is 7. The summed E-state index contributed by atoms with van der Waals surface area (Å²) in [5.74, 6) is 3.92. The molecule has 1 aromatic heterocycles. The first-order chi connectivity index (χ1) is 14.6. The molecular weight excluding hydrogens is 402 g/mol. The Balaban J connectivity index is 1.47. The second-order valence-corrected chi connectivity index (χ2v) is 9.08. The highest BCUT2D eigenvalue weighted by molar-refractivity contribution is 7.99. The lowest BCUT2D eigenvalue weighted by Crippen LogP contribution is -2.56. The van der Waals surface area contributed by atoms with Gasteiger partial charge >= 0.3 is 0 Å². The molecule has 162 valence electrons. The molecule has 0 radical (unpaired) electrons. The number of nitrogens with zero attached hydrogens (tertiary/aromatic N) is 2. The van der Waals surface area contributed by atoms with Crippen LogP contribution in [0.3, 0.4) is 0 Å². The highest BCUT2D eigenvalue weighted by atomic mass is 32.2. The van der Waals surface area contributed by atoms with Crippen LogP contribution in [0.25, 0.3) is 11.3 Å². The quantitative estimate of drug-likeness (QED) is 0.719. The van der Waals surface area contributed by atoms with Crippen LogP contribution in [0.1, 0.15) is 36.2 Å². The standard InChI is InChI=1S/C22H29N3O4S/c1-27-16-5-6-19(28-2)17(13-16)20-14-18(24-29-20)21(26)23-15-22(7-3-4-8-22)25-9-11-30-12-10-25/h5-6,13-14H,3-4,7-12,15H2,1-2H3,(H,23,26). The normalized spacial score (nSPS) is 18.9. The average Bonchev–Trinajstić information content (AvgIpc) is 3.48. The van der Waals surface area contributed by atoms with Crippen LogP contribution in [0.2, 0.25) is 0 Å². The zero-order valence-corrected chi connectivity index (χ0v) is 18.4. The Kier molecular flexibility index (Phi) is 6.53. The molecule has 1 aliphatic heterocycles. The lowest BCUT2D eigenvalue weighted by molar-refractivity contribution is 0.0811. The Hall–Kier alpha value is -2.19. The fourth-order valence-corrected chi connectivity index (χ4v) is 5.43. The highest BCUT2D eigenvalue weighted by Gasteiger charge is 2.40. The summed E-state index contributed by atoms with van der Waals surface area (Å²) in [6.07, 6.45) is 4.73. The zero-order valence-electron chi connectivity index (χ0n) is 17.6. The number of benzene rings is 1. The van der Waals surface area contributed by atoms with Crippen molar-refractivity contribution in [1.29, 1.82) is 0 Å². The number of amides is 1. The SMILES string of the molecule is COc1ccc(OC)c(-c2cc(C(=O)NCC3(N4CCSCC4)CCCC3)no2)c1. The van der Waals surface area contributed by atoms with Gasteiger partial charge in [0.1, 0.15) is 11.5 Å². The highest BCUT2D eigenvalue weighted by Crippen LogP contribution is 2.37. The topological polar surface area (TPSA) is 76.8 Å². The Morgan fingerprint density at radius 1 is 1.20 bits per heavy atom. The van der Waals surface area contributed by atoms with E-state index in [0.717, 1.165) is 25.9 Å². The van der Waals surface area contributed by atoms with Crippen LogP contribution in [0.5, 0.6) is 11.5 Å². The molecule has 1 amide bonds. The first kappa shape index (κ1) is 21.1. The van der Waals surface area contributed by atoms with Crippen molar-refractivity contribution in [3.8, 4) is 22.8 Å². The van der Waals surface area contributed by atoms with Gasteiger partial charge < -0.3 is 19.3 Å². The number of ether oxygens (including phenoxy) is 2. The number of hydrogen-bond donors (Lipinski definition) is 1. The monoisotopic (exact) mass is 431 g/mol. The van der Waals surface area contributed by atoms with Crippen molar-refractivity contribution >= 4 is 17.7 Å². The lowest BCUT2D eigenvalue weighted by Gasteiger charge is -2.43. The molecule has 7 nitrogen and oxygen atoms in total. The molecule has 1 saturated carbocycles. The van der Waals surface area contributed by atoms with Crippen LogP contribution in [0, 0.1) is 0 Å². The molecule has 8 heteroatoms. The van der Waals surface area contributed by atoms with Crippen molar-refractivity contribution in [2.24, 2.45) is 0 Å². The summed E-state index contributed by atoms with van der Waals surface area (Å²) in [6, 6.07) is 7.08. The summed E-state index contributed by atoms with van der Waals surface area (Å²) in [4.78, 5) is 15.4. The van der Waals surface area contributed by atoms with Crippen LogP contribution in [-0.4, -0.2) is 66.9 Å². The van der Waals surface area contributed by atoms with E-state index in [1.807, 2.05) is 23.9 Å². The van der Waals surface area contributed by atoms with Crippen molar-refractivity contribution in [2.75, 3.05) is 45.4 Å². The summed E-state index contributed by atoms with van der Waals surface area (Å²) < 4.78 is 16.2.